The van der Waals surface area contributed by atoms with E-state index >= 15 is 0 Å². The molecular formula is C21H31N3O5. The van der Waals surface area contributed by atoms with Crippen molar-refractivity contribution >= 4 is 17.9 Å². The molecule has 160 valence electrons. The molecule has 1 aromatic rings. The van der Waals surface area contributed by atoms with E-state index in [1.54, 1.807) is 29.2 Å². The van der Waals surface area contributed by atoms with Crippen LogP contribution in [0.5, 0.6) is 0 Å². The molecule has 0 aromatic heterocycles. The van der Waals surface area contributed by atoms with Crippen molar-refractivity contribution in [1.82, 2.24) is 15.5 Å². The molecule has 1 aliphatic rings. The third kappa shape index (κ3) is 7.38. The molecule has 8 heteroatoms. The number of carbonyl (C=O) groups is 3. The number of aliphatic hydroxyl groups is 1. The fraction of sp³-hybridized carbons (Fsp3) is 0.571. The van der Waals surface area contributed by atoms with Gasteiger partial charge in [-0.15, -0.1) is 0 Å². The maximum atomic E-state index is 12.7. The smallest absolute Gasteiger partial charge is 0.410 e. The number of amides is 3. The first-order valence-corrected chi connectivity index (χ1v) is 9.90. The van der Waals surface area contributed by atoms with Crippen molar-refractivity contribution in [1.29, 1.82) is 0 Å². The topological polar surface area (TPSA) is 108 Å². The Labute approximate surface area is 171 Å². The van der Waals surface area contributed by atoms with Gasteiger partial charge in [0.15, 0.2) is 0 Å². The van der Waals surface area contributed by atoms with E-state index in [4.69, 9.17) is 9.84 Å². The van der Waals surface area contributed by atoms with Crippen molar-refractivity contribution in [3.05, 3.63) is 35.9 Å². The van der Waals surface area contributed by atoms with E-state index in [-0.39, 0.29) is 17.9 Å². The summed E-state index contributed by atoms with van der Waals surface area (Å²) in [6.07, 6.45) is 1.22. The van der Waals surface area contributed by atoms with Crippen LogP contribution in [0.25, 0.3) is 0 Å². The van der Waals surface area contributed by atoms with Gasteiger partial charge in [-0.1, -0.05) is 30.3 Å². The summed E-state index contributed by atoms with van der Waals surface area (Å²) in [6, 6.07) is 8.03. The summed E-state index contributed by atoms with van der Waals surface area (Å²) in [5, 5.41) is 14.4. The molecule has 8 nitrogen and oxygen atoms in total. The summed E-state index contributed by atoms with van der Waals surface area (Å²) in [5.41, 5.74) is 0.124. The second-order valence-corrected chi connectivity index (χ2v) is 8.23. The highest BCUT2D eigenvalue weighted by molar-refractivity contribution is 5.88. The van der Waals surface area contributed by atoms with Crippen LogP contribution in [0.15, 0.2) is 30.3 Å². The maximum Gasteiger partial charge on any atom is 0.410 e. The first-order valence-electron chi connectivity index (χ1n) is 9.90. The molecule has 0 spiro atoms. The number of aliphatic hydroxyl groups excluding tert-OH is 1. The fourth-order valence-corrected chi connectivity index (χ4v) is 3.15. The Balaban J connectivity index is 1.86. The summed E-state index contributed by atoms with van der Waals surface area (Å²) in [5.74, 6) is -0.699. The van der Waals surface area contributed by atoms with Gasteiger partial charge in [-0.05, 0) is 45.1 Å². The number of benzene rings is 1. The van der Waals surface area contributed by atoms with Crippen LogP contribution in [-0.2, 0) is 14.3 Å². The Bertz CT molecular complexity index is 694. The highest BCUT2D eigenvalue weighted by Crippen LogP contribution is 2.20. The Hall–Kier alpha value is -2.61. The van der Waals surface area contributed by atoms with Crippen LogP contribution in [0.4, 0.5) is 4.79 Å². The molecule has 1 heterocycles. The molecule has 1 aliphatic heterocycles. The van der Waals surface area contributed by atoms with Crippen molar-refractivity contribution < 1.29 is 24.2 Å². The van der Waals surface area contributed by atoms with Crippen molar-refractivity contribution in [3.8, 4) is 0 Å². The fourth-order valence-electron chi connectivity index (χ4n) is 3.15. The lowest BCUT2D eigenvalue weighted by atomic mass is 9.96. The number of nitrogens with one attached hydrogen (secondary N) is 2. The zero-order chi connectivity index (χ0) is 21.4. The van der Waals surface area contributed by atoms with Gasteiger partial charge in [0, 0.05) is 19.6 Å². The van der Waals surface area contributed by atoms with Gasteiger partial charge in [0.1, 0.15) is 18.2 Å². The predicted molar refractivity (Wildman–Crippen MR) is 108 cm³/mol. The minimum absolute atomic E-state index is 0.239. The van der Waals surface area contributed by atoms with Crippen LogP contribution in [-0.4, -0.2) is 59.8 Å². The summed E-state index contributed by atoms with van der Waals surface area (Å²) in [7, 11) is 0. The molecule has 0 bridgehead atoms. The molecule has 1 saturated heterocycles. The lowest BCUT2D eigenvalue weighted by Crippen LogP contribution is -2.45. The van der Waals surface area contributed by atoms with Crippen LogP contribution in [0.2, 0.25) is 0 Å². The molecule has 3 amide bonds. The molecular weight excluding hydrogens is 374 g/mol. The Morgan fingerprint density at radius 2 is 1.79 bits per heavy atom. The van der Waals surface area contributed by atoms with Crippen LogP contribution in [0, 0.1) is 5.92 Å². The second-order valence-electron chi connectivity index (χ2n) is 8.23. The van der Waals surface area contributed by atoms with Crippen molar-refractivity contribution in [2.45, 2.75) is 45.3 Å². The first kappa shape index (κ1) is 22.7. The minimum atomic E-state index is -0.863. The third-order valence-corrected chi connectivity index (χ3v) is 4.68. The number of piperidine rings is 1. The van der Waals surface area contributed by atoms with E-state index < -0.39 is 24.2 Å². The number of nitrogens with zero attached hydrogens (tertiary/aromatic N) is 1. The lowest BCUT2D eigenvalue weighted by Gasteiger charge is -2.33. The summed E-state index contributed by atoms with van der Waals surface area (Å²) >= 11 is 0. The standard InChI is InChI=1S/C21H31N3O5/c1-21(2,3)29-20(28)24-11-9-15(10-12-24)13-22-19(27)18(23-17(26)14-25)16-7-5-4-6-8-16/h4-8,15,18,25H,9-14H2,1-3H3,(H,22,27)(H,23,26)/t18-/m1/s1. The number of rotatable bonds is 6. The molecule has 1 fully saturated rings. The van der Waals surface area contributed by atoms with Gasteiger partial charge < -0.3 is 25.4 Å². The summed E-state index contributed by atoms with van der Waals surface area (Å²) in [6.45, 7) is 6.46. The quantitative estimate of drug-likeness (QED) is 0.666. The summed E-state index contributed by atoms with van der Waals surface area (Å²) in [4.78, 5) is 38.1. The number of hydrogen-bond donors (Lipinski definition) is 3. The van der Waals surface area contributed by atoms with Gasteiger partial charge in [0.2, 0.25) is 11.8 Å². The molecule has 1 atom stereocenters. The SMILES string of the molecule is CC(C)(C)OC(=O)N1CCC(CNC(=O)[C@H](NC(=O)CO)c2ccccc2)CC1. The van der Waals surface area contributed by atoms with Gasteiger partial charge in [0.05, 0.1) is 0 Å². The van der Waals surface area contributed by atoms with E-state index in [2.05, 4.69) is 10.6 Å². The monoisotopic (exact) mass is 405 g/mol. The second kappa shape index (κ2) is 10.2. The maximum absolute atomic E-state index is 12.7. The highest BCUT2D eigenvalue weighted by Gasteiger charge is 2.28. The predicted octanol–water partition coefficient (Wildman–Crippen LogP) is 1.60. The normalized spacial score (nSPS) is 16.1. The molecule has 2 rings (SSSR count). The van der Waals surface area contributed by atoms with E-state index in [0.717, 1.165) is 12.8 Å². The van der Waals surface area contributed by atoms with Crippen LogP contribution in [0.3, 0.4) is 0 Å². The minimum Gasteiger partial charge on any atom is -0.444 e. The van der Waals surface area contributed by atoms with Gasteiger partial charge in [-0.3, -0.25) is 9.59 Å². The molecule has 0 unspecified atom stereocenters. The van der Waals surface area contributed by atoms with E-state index in [1.807, 2.05) is 26.8 Å². The highest BCUT2D eigenvalue weighted by atomic mass is 16.6. The average molecular weight is 405 g/mol. The first-order chi connectivity index (χ1) is 13.7. The van der Waals surface area contributed by atoms with Crippen molar-refractivity contribution in [2.24, 2.45) is 5.92 Å². The Morgan fingerprint density at radius 1 is 1.17 bits per heavy atom. The van der Waals surface area contributed by atoms with E-state index in [0.29, 0.717) is 25.2 Å². The van der Waals surface area contributed by atoms with Crippen LogP contribution in [0.1, 0.15) is 45.2 Å². The number of hydrogen-bond acceptors (Lipinski definition) is 5. The van der Waals surface area contributed by atoms with Crippen LogP contribution < -0.4 is 10.6 Å². The van der Waals surface area contributed by atoms with Crippen LogP contribution >= 0.6 is 0 Å². The molecule has 3 N–H and O–H groups in total. The Kier molecular flexibility index (Phi) is 8.01. The zero-order valence-corrected chi connectivity index (χ0v) is 17.3. The molecule has 29 heavy (non-hydrogen) atoms. The third-order valence-electron chi connectivity index (χ3n) is 4.68. The number of ether oxygens (including phenoxy) is 1. The van der Waals surface area contributed by atoms with Gasteiger partial charge >= 0.3 is 6.09 Å². The van der Waals surface area contributed by atoms with Gasteiger partial charge in [-0.2, -0.15) is 0 Å². The Morgan fingerprint density at radius 3 is 2.34 bits per heavy atom. The summed E-state index contributed by atoms with van der Waals surface area (Å²) < 4.78 is 5.40. The average Bonchev–Trinajstić information content (AvgIpc) is 2.69. The molecule has 0 saturated carbocycles. The van der Waals surface area contributed by atoms with Crippen molar-refractivity contribution in [3.63, 3.8) is 0 Å². The number of carbonyl (C=O) groups excluding carboxylic acids is 3. The lowest BCUT2D eigenvalue weighted by molar-refractivity contribution is -0.130. The van der Waals surface area contributed by atoms with E-state index in [9.17, 15) is 14.4 Å². The number of likely N-dealkylation sites (tertiary alicyclic amines) is 1. The molecule has 0 radical (unpaired) electrons. The molecule has 1 aromatic carbocycles. The van der Waals surface area contributed by atoms with Crippen molar-refractivity contribution in [2.75, 3.05) is 26.2 Å². The zero-order valence-electron chi connectivity index (χ0n) is 17.3. The molecule has 0 aliphatic carbocycles. The largest absolute Gasteiger partial charge is 0.444 e. The van der Waals surface area contributed by atoms with E-state index in [1.165, 1.54) is 0 Å². The van der Waals surface area contributed by atoms with Gasteiger partial charge in [-0.25, -0.2) is 4.79 Å². The van der Waals surface area contributed by atoms with Gasteiger partial charge in [0.25, 0.3) is 0 Å².